The Morgan fingerprint density at radius 2 is 2.43 bits per heavy atom. The Morgan fingerprint density at radius 1 is 1.57 bits per heavy atom. The summed E-state index contributed by atoms with van der Waals surface area (Å²) < 4.78 is 4.93. The maximum atomic E-state index is 11.3. The zero-order valence-electron chi connectivity index (χ0n) is 7.95. The molecule has 0 atom stereocenters. The molecular weight excluding hydrogens is 178 g/mol. The molecule has 0 aliphatic rings. The summed E-state index contributed by atoms with van der Waals surface area (Å²) in [4.78, 5) is 11.3. The fraction of sp³-hybridized carbons (Fsp3) is 0.364. The first-order valence-corrected chi connectivity index (χ1v) is 4.60. The van der Waals surface area contributed by atoms with Gasteiger partial charge in [0, 0.05) is 13.0 Å². The van der Waals surface area contributed by atoms with Crippen molar-refractivity contribution >= 4 is 5.91 Å². The zero-order chi connectivity index (χ0) is 10.2. The predicted molar refractivity (Wildman–Crippen MR) is 53.7 cm³/mol. The van der Waals surface area contributed by atoms with E-state index in [4.69, 9.17) is 10.8 Å². The minimum absolute atomic E-state index is 0.171. The van der Waals surface area contributed by atoms with Gasteiger partial charge in [-0.15, -0.1) is 12.3 Å². The summed E-state index contributed by atoms with van der Waals surface area (Å²) in [6, 6.07) is 3.32. The van der Waals surface area contributed by atoms with Gasteiger partial charge in [-0.25, -0.2) is 0 Å². The monoisotopic (exact) mass is 191 g/mol. The van der Waals surface area contributed by atoms with Gasteiger partial charge in [-0.2, -0.15) is 0 Å². The van der Waals surface area contributed by atoms with Crippen molar-refractivity contribution in [1.82, 2.24) is 5.32 Å². The van der Waals surface area contributed by atoms with E-state index in [-0.39, 0.29) is 5.91 Å². The van der Waals surface area contributed by atoms with Crippen LogP contribution in [0.1, 0.15) is 29.8 Å². The Hall–Kier alpha value is -1.69. The Kier molecular flexibility index (Phi) is 4.36. The van der Waals surface area contributed by atoms with Gasteiger partial charge in [0.15, 0.2) is 5.76 Å². The van der Waals surface area contributed by atoms with Crippen LogP contribution in [0.4, 0.5) is 0 Å². The maximum Gasteiger partial charge on any atom is 0.286 e. The largest absolute Gasteiger partial charge is 0.459 e. The van der Waals surface area contributed by atoms with Crippen LogP contribution in [0.15, 0.2) is 22.8 Å². The predicted octanol–water partition coefficient (Wildman–Crippen LogP) is 1.81. The normalized spacial score (nSPS) is 9.36. The van der Waals surface area contributed by atoms with Gasteiger partial charge in [0.1, 0.15) is 0 Å². The van der Waals surface area contributed by atoms with Gasteiger partial charge >= 0.3 is 0 Å². The molecule has 0 aliphatic heterocycles. The van der Waals surface area contributed by atoms with Crippen molar-refractivity contribution < 1.29 is 9.21 Å². The van der Waals surface area contributed by atoms with Gasteiger partial charge < -0.3 is 9.73 Å². The second kappa shape index (κ2) is 5.87. The minimum Gasteiger partial charge on any atom is -0.459 e. The Bertz CT molecular complexity index is 309. The molecule has 14 heavy (non-hydrogen) atoms. The van der Waals surface area contributed by atoms with E-state index in [0.29, 0.717) is 12.3 Å². The summed E-state index contributed by atoms with van der Waals surface area (Å²) in [5, 5.41) is 2.74. The quantitative estimate of drug-likeness (QED) is 0.569. The number of amides is 1. The molecule has 1 N–H and O–H groups in total. The Balaban J connectivity index is 2.14. The molecule has 1 aromatic heterocycles. The molecule has 1 amide bonds. The fourth-order valence-electron chi connectivity index (χ4n) is 1.05. The minimum atomic E-state index is -0.171. The molecule has 0 unspecified atom stereocenters. The van der Waals surface area contributed by atoms with E-state index < -0.39 is 0 Å². The smallest absolute Gasteiger partial charge is 0.286 e. The summed E-state index contributed by atoms with van der Waals surface area (Å²) in [5.74, 6) is 2.73. The average molecular weight is 191 g/mol. The maximum absolute atomic E-state index is 11.3. The number of nitrogens with one attached hydrogen (secondary N) is 1. The van der Waals surface area contributed by atoms with Gasteiger partial charge in [0.2, 0.25) is 0 Å². The lowest BCUT2D eigenvalue weighted by Gasteiger charge is -2.00. The van der Waals surface area contributed by atoms with Gasteiger partial charge in [-0.1, -0.05) is 0 Å². The number of hydrogen-bond donors (Lipinski definition) is 1. The molecule has 1 heterocycles. The first-order valence-electron chi connectivity index (χ1n) is 4.60. The van der Waals surface area contributed by atoms with E-state index in [0.717, 1.165) is 19.3 Å². The van der Waals surface area contributed by atoms with E-state index in [9.17, 15) is 4.79 Å². The molecule has 3 nitrogen and oxygen atoms in total. The fourth-order valence-corrected chi connectivity index (χ4v) is 1.05. The highest BCUT2D eigenvalue weighted by atomic mass is 16.3. The number of unbranched alkanes of at least 4 members (excludes halogenated alkanes) is 2. The standard InChI is InChI=1S/C11H13NO2/c1-2-3-4-5-8-12-11(13)10-7-6-9-14-10/h1,6-7,9H,3-5,8H2,(H,12,13). The topological polar surface area (TPSA) is 42.2 Å². The van der Waals surface area contributed by atoms with Crippen LogP contribution in [-0.4, -0.2) is 12.5 Å². The number of furan rings is 1. The molecule has 0 bridgehead atoms. The molecule has 0 saturated carbocycles. The number of hydrogen-bond acceptors (Lipinski definition) is 2. The molecule has 74 valence electrons. The number of rotatable bonds is 5. The SMILES string of the molecule is C#CCCCCNC(=O)c1ccco1. The summed E-state index contributed by atoms with van der Waals surface area (Å²) in [5.41, 5.74) is 0. The van der Waals surface area contributed by atoms with Gasteiger partial charge in [-0.05, 0) is 25.0 Å². The van der Waals surface area contributed by atoms with Crippen LogP contribution >= 0.6 is 0 Å². The lowest BCUT2D eigenvalue weighted by molar-refractivity contribution is 0.0925. The zero-order valence-corrected chi connectivity index (χ0v) is 7.95. The third kappa shape index (κ3) is 3.36. The van der Waals surface area contributed by atoms with Crippen LogP contribution in [0.25, 0.3) is 0 Å². The van der Waals surface area contributed by atoms with Crippen molar-refractivity contribution in [3.8, 4) is 12.3 Å². The van der Waals surface area contributed by atoms with Crippen LogP contribution in [0, 0.1) is 12.3 Å². The first-order chi connectivity index (χ1) is 6.84. The number of carbonyl (C=O) groups excluding carboxylic acids is 1. The third-order valence-electron chi connectivity index (χ3n) is 1.78. The van der Waals surface area contributed by atoms with Crippen molar-refractivity contribution in [2.75, 3.05) is 6.54 Å². The van der Waals surface area contributed by atoms with Crippen LogP contribution < -0.4 is 5.32 Å². The number of carbonyl (C=O) groups is 1. The molecule has 1 rings (SSSR count). The Morgan fingerprint density at radius 3 is 3.07 bits per heavy atom. The molecule has 3 heteroatoms. The third-order valence-corrected chi connectivity index (χ3v) is 1.78. The van der Waals surface area contributed by atoms with E-state index in [1.165, 1.54) is 6.26 Å². The van der Waals surface area contributed by atoms with Crippen molar-refractivity contribution in [2.24, 2.45) is 0 Å². The van der Waals surface area contributed by atoms with Gasteiger partial charge in [0.05, 0.1) is 6.26 Å². The summed E-state index contributed by atoms with van der Waals surface area (Å²) in [7, 11) is 0. The van der Waals surface area contributed by atoms with Crippen LogP contribution in [0.2, 0.25) is 0 Å². The highest BCUT2D eigenvalue weighted by molar-refractivity contribution is 5.91. The highest BCUT2D eigenvalue weighted by Crippen LogP contribution is 1.99. The number of terminal acetylenes is 1. The van der Waals surface area contributed by atoms with E-state index in [2.05, 4.69) is 11.2 Å². The molecule has 0 spiro atoms. The summed E-state index contributed by atoms with van der Waals surface area (Å²) in [6.07, 6.45) is 9.17. The second-order valence-corrected chi connectivity index (χ2v) is 2.89. The molecular formula is C11H13NO2. The van der Waals surface area contributed by atoms with Crippen LogP contribution in [0.5, 0.6) is 0 Å². The van der Waals surface area contributed by atoms with Crippen molar-refractivity contribution in [2.45, 2.75) is 19.3 Å². The molecule has 0 saturated heterocycles. The van der Waals surface area contributed by atoms with Gasteiger partial charge in [0.25, 0.3) is 5.91 Å². The van der Waals surface area contributed by atoms with E-state index in [1.807, 2.05) is 0 Å². The second-order valence-electron chi connectivity index (χ2n) is 2.89. The first kappa shape index (κ1) is 10.4. The average Bonchev–Trinajstić information content (AvgIpc) is 2.70. The Labute approximate surface area is 83.5 Å². The van der Waals surface area contributed by atoms with Crippen molar-refractivity contribution in [3.05, 3.63) is 24.2 Å². The van der Waals surface area contributed by atoms with Gasteiger partial charge in [-0.3, -0.25) is 4.79 Å². The van der Waals surface area contributed by atoms with E-state index in [1.54, 1.807) is 12.1 Å². The van der Waals surface area contributed by atoms with Crippen LogP contribution in [0.3, 0.4) is 0 Å². The lowest BCUT2D eigenvalue weighted by atomic mass is 10.2. The van der Waals surface area contributed by atoms with Crippen molar-refractivity contribution in [1.29, 1.82) is 0 Å². The molecule has 0 aromatic carbocycles. The molecule has 0 fully saturated rings. The van der Waals surface area contributed by atoms with Crippen LogP contribution in [-0.2, 0) is 0 Å². The summed E-state index contributed by atoms with van der Waals surface area (Å²) >= 11 is 0. The summed E-state index contributed by atoms with van der Waals surface area (Å²) in [6.45, 7) is 0.640. The lowest BCUT2D eigenvalue weighted by Crippen LogP contribution is -2.23. The molecule has 0 radical (unpaired) electrons. The molecule has 1 aromatic rings. The van der Waals surface area contributed by atoms with E-state index >= 15 is 0 Å². The highest BCUT2D eigenvalue weighted by Gasteiger charge is 2.05. The van der Waals surface area contributed by atoms with Crippen molar-refractivity contribution in [3.63, 3.8) is 0 Å². The molecule has 0 aliphatic carbocycles.